The molecule has 0 aliphatic heterocycles. The van der Waals surface area contributed by atoms with Crippen molar-refractivity contribution in [1.29, 1.82) is 0 Å². The van der Waals surface area contributed by atoms with Gasteiger partial charge in [0.25, 0.3) is 5.91 Å². The molecule has 2 rings (SSSR count). The van der Waals surface area contributed by atoms with Gasteiger partial charge in [-0.1, -0.05) is 18.5 Å². The maximum atomic E-state index is 12.6. The molecule has 1 N–H and O–H groups in total. The summed E-state index contributed by atoms with van der Waals surface area (Å²) in [6.45, 7) is 3.86. The Morgan fingerprint density at radius 2 is 2.00 bits per heavy atom. The van der Waals surface area contributed by atoms with E-state index in [4.69, 9.17) is 21.1 Å². The van der Waals surface area contributed by atoms with E-state index in [1.807, 2.05) is 13.8 Å². The van der Waals surface area contributed by atoms with Crippen molar-refractivity contribution in [3.05, 3.63) is 44.8 Å². The molecule has 128 valence electrons. The first-order valence-electron chi connectivity index (χ1n) is 7.28. The lowest BCUT2D eigenvalue weighted by atomic mass is 10.1. The number of ether oxygens (including phenoxy) is 2. The molecule has 7 heteroatoms. The van der Waals surface area contributed by atoms with Crippen LogP contribution in [0.5, 0.6) is 5.75 Å². The molecule has 0 unspecified atom stereocenters. The molecular weight excluding hydrogens is 350 g/mol. The number of carbonyl (C=O) groups is 2. The van der Waals surface area contributed by atoms with Gasteiger partial charge in [0.2, 0.25) is 0 Å². The molecule has 0 bridgehead atoms. The van der Waals surface area contributed by atoms with E-state index in [0.717, 1.165) is 10.4 Å². The molecule has 0 spiro atoms. The van der Waals surface area contributed by atoms with Crippen molar-refractivity contribution in [2.45, 2.75) is 20.3 Å². The second-order valence-corrected chi connectivity index (χ2v) is 6.65. The highest BCUT2D eigenvalue weighted by atomic mass is 35.5. The van der Waals surface area contributed by atoms with Crippen LogP contribution in [0.1, 0.15) is 38.1 Å². The van der Waals surface area contributed by atoms with Crippen molar-refractivity contribution in [2.24, 2.45) is 0 Å². The van der Waals surface area contributed by atoms with E-state index < -0.39 is 11.9 Å². The van der Waals surface area contributed by atoms with Crippen molar-refractivity contribution in [2.75, 3.05) is 19.5 Å². The van der Waals surface area contributed by atoms with E-state index >= 15 is 0 Å². The average molecular weight is 368 g/mol. The number of hydrogen-bond acceptors (Lipinski definition) is 5. The number of hydrogen-bond donors (Lipinski definition) is 1. The van der Waals surface area contributed by atoms with Crippen LogP contribution in [0.4, 0.5) is 5.00 Å². The zero-order valence-electron chi connectivity index (χ0n) is 13.9. The van der Waals surface area contributed by atoms with Gasteiger partial charge in [-0.15, -0.1) is 11.3 Å². The van der Waals surface area contributed by atoms with Crippen LogP contribution in [0.2, 0.25) is 5.02 Å². The standard InChI is InChI=1S/C17H18ClNO4S/c1-5-11-9(2)24-16(14(11)17(21)23-4)19-15(20)12-8-10(18)6-7-13(12)22-3/h6-8H,5H2,1-4H3,(H,19,20). The van der Waals surface area contributed by atoms with E-state index in [0.29, 0.717) is 33.3 Å². The van der Waals surface area contributed by atoms with Crippen LogP contribution in [0.15, 0.2) is 18.2 Å². The van der Waals surface area contributed by atoms with Gasteiger partial charge in [-0.05, 0) is 37.1 Å². The molecule has 0 saturated heterocycles. The Balaban J connectivity index is 2.43. The largest absolute Gasteiger partial charge is 0.496 e. The van der Waals surface area contributed by atoms with Crippen LogP contribution in [-0.2, 0) is 11.2 Å². The summed E-state index contributed by atoms with van der Waals surface area (Å²) < 4.78 is 10.1. The number of esters is 1. The van der Waals surface area contributed by atoms with Gasteiger partial charge in [0.05, 0.1) is 25.3 Å². The summed E-state index contributed by atoms with van der Waals surface area (Å²) in [5.41, 5.74) is 1.57. The summed E-state index contributed by atoms with van der Waals surface area (Å²) in [6, 6.07) is 4.78. The Kier molecular flexibility index (Phi) is 5.85. The number of methoxy groups -OCH3 is 2. The first kappa shape index (κ1) is 18.3. The monoisotopic (exact) mass is 367 g/mol. The van der Waals surface area contributed by atoms with Crippen LogP contribution in [0.25, 0.3) is 0 Å². The molecule has 0 fully saturated rings. The SMILES string of the molecule is CCc1c(C)sc(NC(=O)c2cc(Cl)ccc2OC)c1C(=O)OC. The summed E-state index contributed by atoms with van der Waals surface area (Å²) in [4.78, 5) is 25.7. The maximum absolute atomic E-state index is 12.6. The third kappa shape index (κ3) is 3.55. The molecule has 0 aliphatic carbocycles. The molecule has 1 heterocycles. The number of rotatable bonds is 5. The molecule has 0 radical (unpaired) electrons. The zero-order chi connectivity index (χ0) is 17.9. The zero-order valence-corrected chi connectivity index (χ0v) is 15.4. The molecule has 0 aliphatic rings. The van der Waals surface area contributed by atoms with Gasteiger partial charge >= 0.3 is 5.97 Å². The molecule has 5 nitrogen and oxygen atoms in total. The highest BCUT2D eigenvalue weighted by Crippen LogP contribution is 2.35. The van der Waals surface area contributed by atoms with Crippen molar-refractivity contribution >= 4 is 39.8 Å². The molecular formula is C17H18ClNO4S. The second-order valence-electron chi connectivity index (χ2n) is 4.98. The fraction of sp³-hybridized carbons (Fsp3) is 0.294. The topological polar surface area (TPSA) is 64.6 Å². The van der Waals surface area contributed by atoms with Gasteiger partial charge in [-0.25, -0.2) is 4.79 Å². The molecule has 2 aromatic rings. The van der Waals surface area contributed by atoms with Gasteiger partial charge in [0.15, 0.2) is 0 Å². The lowest BCUT2D eigenvalue weighted by Crippen LogP contribution is -2.15. The summed E-state index contributed by atoms with van der Waals surface area (Å²) >= 11 is 7.31. The average Bonchev–Trinajstić information content (AvgIpc) is 2.88. The van der Waals surface area contributed by atoms with Gasteiger partial charge in [0, 0.05) is 9.90 Å². The number of nitrogens with one attached hydrogen (secondary N) is 1. The lowest BCUT2D eigenvalue weighted by molar-refractivity contribution is 0.0601. The third-order valence-electron chi connectivity index (χ3n) is 3.59. The normalized spacial score (nSPS) is 10.4. The van der Waals surface area contributed by atoms with Crippen molar-refractivity contribution in [3.63, 3.8) is 0 Å². The molecule has 1 amide bonds. The number of aryl methyl sites for hydroxylation is 1. The number of amides is 1. The predicted molar refractivity (Wildman–Crippen MR) is 95.7 cm³/mol. The Hall–Kier alpha value is -2.05. The van der Waals surface area contributed by atoms with E-state index in [1.54, 1.807) is 12.1 Å². The number of benzene rings is 1. The van der Waals surface area contributed by atoms with Crippen LogP contribution in [-0.4, -0.2) is 26.1 Å². The highest BCUT2D eigenvalue weighted by Gasteiger charge is 2.24. The first-order chi connectivity index (χ1) is 11.4. The van der Waals surface area contributed by atoms with Crippen LogP contribution >= 0.6 is 22.9 Å². The van der Waals surface area contributed by atoms with Gasteiger partial charge < -0.3 is 14.8 Å². The molecule has 1 aromatic carbocycles. The number of carbonyl (C=O) groups excluding carboxylic acids is 2. The molecule has 0 atom stereocenters. The summed E-state index contributed by atoms with van der Waals surface area (Å²) in [5.74, 6) is -0.464. The smallest absolute Gasteiger partial charge is 0.341 e. The Labute approximate surface area is 149 Å². The van der Waals surface area contributed by atoms with Gasteiger partial charge in [-0.2, -0.15) is 0 Å². The lowest BCUT2D eigenvalue weighted by Gasteiger charge is -2.10. The Morgan fingerprint density at radius 1 is 1.29 bits per heavy atom. The summed E-state index contributed by atoms with van der Waals surface area (Å²) in [6.07, 6.45) is 0.670. The van der Waals surface area contributed by atoms with Gasteiger partial charge in [-0.3, -0.25) is 4.79 Å². The van der Waals surface area contributed by atoms with Gasteiger partial charge in [0.1, 0.15) is 10.8 Å². The fourth-order valence-electron chi connectivity index (χ4n) is 2.44. The minimum atomic E-state index is -0.468. The predicted octanol–water partition coefficient (Wildman–Crippen LogP) is 4.32. The van der Waals surface area contributed by atoms with Crippen LogP contribution in [0, 0.1) is 6.92 Å². The molecule has 0 saturated carbocycles. The van der Waals surface area contributed by atoms with E-state index in [1.165, 1.54) is 31.6 Å². The van der Waals surface area contributed by atoms with E-state index in [2.05, 4.69) is 5.32 Å². The molecule has 1 aromatic heterocycles. The van der Waals surface area contributed by atoms with Crippen molar-refractivity contribution in [1.82, 2.24) is 0 Å². The second kappa shape index (κ2) is 7.68. The Morgan fingerprint density at radius 3 is 2.58 bits per heavy atom. The minimum absolute atomic E-state index is 0.296. The minimum Gasteiger partial charge on any atom is -0.496 e. The number of halogens is 1. The van der Waals surface area contributed by atoms with E-state index in [-0.39, 0.29) is 0 Å². The van der Waals surface area contributed by atoms with Crippen molar-refractivity contribution in [3.8, 4) is 5.75 Å². The molecule has 24 heavy (non-hydrogen) atoms. The Bertz CT molecular complexity index is 785. The third-order valence-corrected chi connectivity index (χ3v) is 4.88. The van der Waals surface area contributed by atoms with E-state index in [9.17, 15) is 9.59 Å². The number of anilines is 1. The maximum Gasteiger partial charge on any atom is 0.341 e. The first-order valence-corrected chi connectivity index (χ1v) is 8.47. The number of thiophene rings is 1. The fourth-order valence-corrected chi connectivity index (χ4v) is 3.74. The highest BCUT2D eigenvalue weighted by molar-refractivity contribution is 7.16. The van der Waals surface area contributed by atoms with Crippen molar-refractivity contribution < 1.29 is 19.1 Å². The van der Waals surface area contributed by atoms with Crippen LogP contribution in [0.3, 0.4) is 0 Å². The van der Waals surface area contributed by atoms with Crippen LogP contribution < -0.4 is 10.1 Å². The summed E-state index contributed by atoms with van der Waals surface area (Å²) in [5, 5.41) is 3.66. The summed E-state index contributed by atoms with van der Waals surface area (Å²) in [7, 11) is 2.80. The quantitative estimate of drug-likeness (QED) is 0.799.